The molecule has 2 heterocycles. The molecule has 0 aliphatic carbocycles. The van der Waals surface area contributed by atoms with E-state index in [4.69, 9.17) is 8.83 Å². The summed E-state index contributed by atoms with van der Waals surface area (Å²) in [6, 6.07) is 11.4. The molecule has 1 unspecified atom stereocenters. The van der Waals surface area contributed by atoms with Gasteiger partial charge in [0.2, 0.25) is 5.91 Å². The number of thioether (sulfide) groups is 1. The first kappa shape index (κ1) is 18.3. The molecule has 0 aliphatic heterocycles. The highest BCUT2D eigenvalue weighted by Gasteiger charge is 2.28. The first-order valence-electron chi connectivity index (χ1n) is 8.52. The Hall–Kier alpha value is -2.54. The van der Waals surface area contributed by atoms with Gasteiger partial charge < -0.3 is 13.7 Å². The topological polar surface area (TPSA) is 72.4 Å². The van der Waals surface area contributed by atoms with Crippen LogP contribution in [0.3, 0.4) is 0 Å². The zero-order chi connectivity index (χ0) is 18.5. The van der Waals surface area contributed by atoms with Gasteiger partial charge in [0.25, 0.3) is 11.1 Å². The number of benzene rings is 1. The first-order valence-corrected chi connectivity index (χ1v) is 9.40. The molecule has 7 heteroatoms. The van der Waals surface area contributed by atoms with Gasteiger partial charge in [0, 0.05) is 13.1 Å². The molecule has 136 valence electrons. The van der Waals surface area contributed by atoms with E-state index in [0.717, 1.165) is 11.1 Å². The van der Waals surface area contributed by atoms with Crippen molar-refractivity contribution in [2.45, 2.75) is 31.2 Å². The molecule has 1 atom stereocenters. The normalized spacial score (nSPS) is 12.1. The molecule has 1 amide bonds. The van der Waals surface area contributed by atoms with Crippen molar-refractivity contribution in [3.8, 4) is 11.5 Å². The van der Waals surface area contributed by atoms with Gasteiger partial charge in [0.05, 0.1) is 11.8 Å². The first-order chi connectivity index (χ1) is 12.6. The molecule has 1 aromatic carbocycles. The van der Waals surface area contributed by atoms with E-state index in [2.05, 4.69) is 10.2 Å². The number of nitrogens with zero attached hydrogens (tertiary/aromatic N) is 3. The Morgan fingerprint density at radius 1 is 1.15 bits per heavy atom. The quantitative estimate of drug-likeness (QED) is 0.575. The van der Waals surface area contributed by atoms with Crippen LogP contribution in [0.1, 0.15) is 30.4 Å². The molecule has 0 radical (unpaired) electrons. The van der Waals surface area contributed by atoms with Crippen molar-refractivity contribution < 1.29 is 13.6 Å². The maximum atomic E-state index is 13.0. The van der Waals surface area contributed by atoms with Gasteiger partial charge in [-0.25, -0.2) is 0 Å². The van der Waals surface area contributed by atoms with Crippen molar-refractivity contribution >= 4 is 17.7 Å². The summed E-state index contributed by atoms with van der Waals surface area (Å²) in [4.78, 5) is 14.8. The molecule has 6 nitrogen and oxygen atoms in total. The summed E-state index contributed by atoms with van der Waals surface area (Å²) in [6.07, 6.45) is 1.58. The summed E-state index contributed by atoms with van der Waals surface area (Å²) < 4.78 is 11.1. The fourth-order valence-corrected chi connectivity index (χ4v) is 3.62. The van der Waals surface area contributed by atoms with E-state index in [1.807, 2.05) is 56.0 Å². The number of hydrogen-bond acceptors (Lipinski definition) is 6. The van der Waals surface area contributed by atoms with Crippen LogP contribution in [0.4, 0.5) is 0 Å². The van der Waals surface area contributed by atoms with E-state index in [-0.39, 0.29) is 5.91 Å². The van der Waals surface area contributed by atoms with Gasteiger partial charge in [-0.2, -0.15) is 0 Å². The predicted octanol–water partition coefficient (Wildman–Crippen LogP) is 4.34. The molecule has 0 aliphatic rings. The van der Waals surface area contributed by atoms with Crippen LogP contribution in [0.25, 0.3) is 11.5 Å². The second kappa shape index (κ2) is 8.23. The molecular formula is C19H21N3O3S. The number of amides is 1. The zero-order valence-corrected chi connectivity index (χ0v) is 15.8. The molecule has 3 rings (SSSR count). The van der Waals surface area contributed by atoms with E-state index in [1.54, 1.807) is 12.3 Å². The summed E-state index contributed by atoms with van der Waals surface area (Å²) in [5, 5.41) is 8.12. The fraction of sp³-hybridized carbons (Fsp3) is 0.316. The van der Waals surface area contributed by atoms with Crippen LogP contribution in [0.2, 0.25) is 0 Å². The SMILES string of the molecule is CCN(CC)C(=O)C(Sc1nnc(-c2ccoc2C)o1)c1ccccc1. The lowest BCUT2D eigenvalue weighted by Gasteiger charge is -2.24. The summed E-state index contributed by atoms with van der Waals surface area (Å²) in [6.45, 7) is 7.09. The summed E-state index contributed by atoms with van der Waals surface area (Å²) in [5.74, 6) is 1.13. The Balaban J connectivity index is 1.88. The van der Waals surface area contributed by atoms with Crippen molar-refractivity contribution in [3.05, 3.63) is 54.0 Å². The number of aromatic nitrogens is 2. The van der Waals surface area contributed by atoms with Gasteiger partial charge in [-0.3, -0.25) is 4.79 Å². The Kier molecular flexibility index (Phi) is 5.78. The smallest absolute Gasteiger partial charge is 0.277 e. The van der Waals surface area contributed by atoms with Crippen molar-refractivity contribution in [2.75, 3.05) is 13.1 Å². The van der Waals surface area contributed by atoms with Gasteiger partial charge in [-0.15, -0.1) is 10.2 Å². The number of aryl methyl sites for hydroxylation is 1. The summed E-state index contributed by atoms with van der Waals surface area (Å²) in [5.41, 5.74) is 1.67. The Morgan fingerprint density at radius 2 is 1.88 bits per heavy atom. The lowest BCUT2D eigenvalue weighted by atomic mass is 10.1. The standard InChI is InChI=1S/C19H21N3O3S/c1-4-22(5-2)18(23)16(14-9-7-6-8-10-14)26-19-21-20-17(25-19)15-11-12-24-13(15)3/h6-12,16H,4-5H2,1-3H3. The minimum absolute atomic E-state index is 0.0328. The van der Waals surface area contributed by atoms with E-state index >= 15 is 0 Å². The van der Waals surface area contributed by atoms with Crippen LogP contribution in [-0.2, 0) is 4.79 Å². The van der Waals surface area contributed by atoms with E-state index in [0.29, 0.717) is 30.0 Å². The van der Waals surface area contributed by atoms with Gasteiger partial charge in [0.15, 0.2) is 0 Å². The van der Waals surface area contributed by atoms with Crippen LogP contribution in [0, 0.1) is 6.92 Å². The minimum Gasteiger partial charge on any atom is -0.469 e. The van der Waals surface area contributed by atoms with Crippen LogP contribution in [0.15, 0.2) is 56.7 Å². The monoisotopic (exact) mass is 371 g/mol. The maximum absolute atomic E-state index is 13.0. The molecule has 3 aromatic rings. The van der Waals surface area contributed by atoms with E-state index in [1.165, 1.54) is 11.8 Å². The average Bonchev–Trinajstić information content (AvgIpc) is 3.29. The van der Waals surface area contributed by atoms with Gasteiger partial charge in [-0.1, -0.05) is 30.3 Å². The lowest BCUT2D eigenvalue weighted by Crippen LogP contribution is -2.33. The Labute approximate surface area is 156 Å². The number of likely N-dealkylation sites (N-methyl/N-ethyl adjacent to an activating group) is 1. The van der Waals surface area contributed by atoms with Gasteiger partial charge >= 0.3 is 0 Å². The van der Waals surface area contributed by atoms with Crippen molar-refractivity contribution in [3.63, 3.8) is 0 Å². The van der Waals surface area contributed by atoms with Crippen molar-refractivity contribution in [2.24, 2.45) is 0 Å². The maximum Gasteiger partial charge on any atom is 0.277 e. The highest BCUT2D eigenvalue weighted by Crippen LogP contribution is 2.37. The number of carbonyl (C=O) groups excluding carboxylic acids is 1. The molecular weight excluding hydrogens is 350 g/mol. The molecule has 0 fully saturated rings. The third kappa shape index (κ3) is 3.83. The largest absolute Gasteiger partial charge is 0.469 e. The molecule has 0 saturated heterocycles. The highest BCUT2D eigenvalue weighted by atomic mass is 32.2. The van der Waals surface area contributed by atoms with Crippen LogP contribution >= 0.6 is 11.8 Å². The van der Waals surface area contributed by atoms with Crippen LogP contribution < -0.4 is 0 Å². The summed E-state index contributed by atoms with van der Waals surface area (Å²) >= 11 is 1.27. The molecule has 26 heavy (non-hydrogen) atoms. The molecule has 2 aromatic heterocycles. The summed E-state index contributed by atoms with van der Waals surface area (Å²) in [7, 11) is 0. The molecule has 0 spiro atoms. The third-order valence-electron chi connectivity index (χ3n) is 4.12. The van der Waals surface area contributed by atoms with Gasteiger partial charge in [-0.05, 0) is 44.2 Å². The van der Waals surface area contributed by atoms with Crippen LogP contribution in [-0.4, -0.2) is 34.1 Å². The number of carbonyl (C=O) groups is 1. The highest BCUT2D eigenvalue weighted by molar-refractivity contribution is 8.00. The predicted molar refractivity (Wildman–Crippen MR) is 99.7 cm³/mol. The molecule has 0 N–H and O–H groups in total. The van der Waals surface area contributed by atoms with E-state index < -0.39 is 5.25 Å². The Morgan fingerprint density at radius 3 is 2.50 bits per heavy atom. The minimum atomic E-state index is -0.435. The fourth-order valence-electron chi connectivity index (χ4n) is 2.66. The zero-order valence-electron chi connectivity index (χ0n) is 15.0. The second-order valence-electron chi connectivity index (χ2n) is 5.68. The lowest BCUT2D eigenvalue weighted by molar-refractivity contribution is -0.130. The van der Waals surface area contributed by atoms with E-state index in [9.17, 15) is 4.79 Å². The number of furan rings is 1. The average molecular weight is 371 g/mol. The van der Waals surface area contributed by atoms with Crippen LogP contribution in [0.5, 0.6) is 0 Å². The molecule has 0 bridgehead atoms. The third-order valence-corrected chi connectivity index (χ3v) is 5.19. The van der Waals surface area contributed by atoms with Crippen molar-refractivity contribution in [1.29, 1.82) is 0 Å². The molecule has 0 saturated carbocycles. The number of rotatable bonds is 7. The van der Waals surface area contributed by atoms with Gasteiger partial charge in [0.1, 0.15) is 11.0 Å². The number of hydrogen-bond donors (Lipinski definition) is 0. The Bertz CT molecular complexity index is 856. The second-order valence-corrected chi connectivity index (χ2v) is 6.74. The van der Waals surface area contributed by atoms with Crippen molar-refractivity contribution in [1.82, 2.24) is 15.1 Å².